The predicted molar refractivity (Wildman–Crippen MR) is 144 cm³/mol. The van der Waals surface area contributed by atoms with Crippen LogP contribution in [0.5, 0.6) is 0 Å². The van der Waals surface area contributed by atoms with E-state index in [-0.39, 0.29) is 31.1 Å². The van der Waals surface area contributed by atoms with Gasteiger partial charge in [-0.15, -0.1) is 0 Å². The third-order valence-corrected chi connectivity index (χ3v) is 8.42. The van der Waals surface area contributed by atoms with E-state index in [1.807, 2.05) is 18.2 Å². The van der Waals surface area contributed by atoms with Gasteiger partial charge in [0.05, 0.1) is 25.9 Å². The summed E-state index contributed by atoms with van der Waals surface area (Å²) in [5.74, 6) is 0.981. The van der Waals surface area contributed by atoms with Crippen LogP contribution in [0.3, 0.4) is 0 Å². The molecule has 1 aromatic carbocycles. The Hall–Kier alpha value is -1.75. The largest absolute Gasteiger partial charge is 0.474 e. The average Bonchev–Trinajstić information content (AvgIpc) is 3.18. The first-order valence-corrected chi connectivity index (χ1v) is 14.8. The van der Waals surface area contributed by atoms with E-state index in [4.69, 9.17) is 24.3 Å². The van der Waals surface area contributed by atoms with Crippen LogP contribution < -0.4 is 11.1 Å². The second-order valence-electron chi connectivity index (χ2n) is 8.28. The number of fused-ring (bicyclic) bond motifs is 1. The van der Waals surface area contributed by atoms with Gasteiger partial charge in [0.25, 0.3) is 0 Å². The zero-order chi connectivity index (χ0) is 25.4. The van der Waals surface area contributed by atoms with E-state index >= 15 is 0 Å². The molecule has 3 aromatic rings. The van der Waals surface area contributed by atoms with Crippen LogP contribution in [0.2, 0.25) is 0 Å². The molecule has 0 amide bonds. The predicted octanol–water partition coefficient (Wildman–Crippen LogP) is 6.55. The van der Waals surface area contributed by atoms with Gasteiger partial charge in [-0.2, -0.15) is 0 Å². The maximum atomic E-state index is 12.8. The molecule has 2 atom stereocenters. The molecule has 0 aliphatic heterocycles. The number of aromatic nitrogens is 3. The lowest BCUT2D eigenvalue weighted by atomic mass is 10.0. The lowest BCUT2D eigenvalue weighted by Gasteiger charge is -2.24. The van der Waals surface area contributed by atoms with Gasteiger partial charge in [0, 0.05) is 5.25 Å². The smallest absolute Gasteiger partial charge is 0.375 e. The van der Waals surface area contributed by atoms with Crippen molar-refractivity contribution in [3.63, 3.8) is 0 Å². The molecule has 0 aliphatic carbocycles. The molecule has 0 fully saturated rings. The summed E-state index contributed by atoms with van der Waals surface area (Å²) in [5.41, 5.74) is 7.74. The lowest BCUT2D eigenvalue weighted by molar-refractivity contribution is 0.116. The molecule has 2 aromatic heterocycles. The topological polar surface area (TPSA) is 121 Å². The van der Waals surface area contributed by atoms with E-state index in [1.54, 1.807) is 25.6 Å². The van der Waals surface area contributed by atoms with Crippen molar-refractivity contribution in [2.24, 2.45) is 5.92 Å². The van der Waals surface area contributed by atoms with E-state index in [1.165, 1.54) is 16.9 Å². The number of benzene rings is 1. The molecule has 0 radical (unpaired) electrons. The van der Waals surface area contributed by atoms with Gasteiger partial charge in [0.1, 0.15) is 4.70 Å². The van der Waals surface area contributed by atoms with E-state index in [0.717, 1.165) is 11.1 Å². The molecule has 12 heteroatoms. The molecule has 0 bridgehead atoms. The Morgan fingerprint density at radius 3 is 2.37 bits per heavy atom. The summed E-state index contributed by atoms with van der Waals surface area (Å²) < 4.78 is 29.8. The summed E-state index contributed by atoms with van der Waals surface area (Å²) in [6.45, 7) is 10.4. The van der Waals surface area contributed by atoms with Crippen LogP contribution in [-0.2, 0) is 18.1 Å². The normalized spacial score (nSPS) is 13.9. The number of nitrogens with zero attached hydrogens (tertiary/aromatic N) is 3. The summed E-state index contributed by atoms with van der Waals surface area (Å²) in [4.78, 5) is 13.8. The molecular weight excluding hydrogens is 505 g/mol. The van der Waals surface area contributed by atoms with Crippen LogP contribution in [0.15, 0.2) is 35.5 Å². The molecule has 9 nitrogen and oxygen atoms in total. The Morgan fingerprint density at radius 2 is 1.74 bits per heavy atom. The standard InChI is InChI=1S/C23H34N5O4PS2/c1-6-30-33(29,31-7-2)32-14-18(13-15(3)4)25-20-19-21(26-22(24)35-19)28-23(27-20)34-16(5)17-11-9-8-10-12-17/h8-12,15-16,18H,6-7,13-14H2,1-5H3,(H3,24,25,26,27,28)/t16-,18+/m0/s1. The van der Waals surface area contributed by atoms with Crippen molar-refractivity contribution in [1.82, 2.24) is 15.0 Å². The highest BCUT2D eigenvalue weighted by Gasteiger charge is 2.28. The number of hydrogen-bond donors (Lipinski definition) is 2. The first-order chi connectivity index (χ1) is 16.7. The molecule has 0 unspecified atom stereocenters. The number of nitrogens with one attached hydrogen (secondary N) is 1. The Balaban J connectivity index is 1.86. The Labute approximate surface area is 215 Å². The first kappa shape index (κ1) is 27.8. The SMILES string of the molecule is CCOP(=O)(OCC)OC[C@@H](CC(C)C)Nc1nc(S[C@@H](C)c2ccccc2)nc2nc(N)sc12. The minimum absolute atomic E-state index is 0.123. The average molecular weight is 540 g/mol. The van der Waals surface area contributed by atoms with E-state index in [2.05, 4.69) is 48.2 Å². The minimum atomic E-state index is -3.63. The zero-order valence-electron chi connectivity index (χ0n) is 20.8. The molecule has 0 aliphatic rings. The Morgan fingerprint density at radius 1 is 1.06 bits per heavy atom. The summed E-state index contributed by atoms with van der Waals surface area (Å²) in [6.07, 6.45) is 0.751. The molecule has 0 saturated heterocycles. The van der Waals surface area contributed by atoms with Crippen molar-refractivity contribution in [3.05, 3.63) is 35.9 Å². The van der Waals surface area contributed by atoms with Crippen molar-refractivity contribution >= 4 is 52.2 Å². The monoisotopic (exact) mass is 539 g/mol. The van der Waals surface area contributed by atoms with Gasteiger partial charge in [0.2, 0.25) is 0 Å². The second kappa shape index (κ2) is 13.0. The van der Waals surface area contributed by atoms with Gasteiger partial charge < -0.3 is 11.1 Å². The zero-order valence-corrected chi connectivity index (χ0v) is 23.3. The highest BCUT2D eigenvalue weighted by molar-refractivity contribution is 7.99. The number of phosphoric acid groups is 1. The van der Waals surface area contributed by atoms with Gasteiger partial charge in [-0.05, 0) is 38.7 Å². The first-order valence-electron chi connectivity index (χ1n) is 11.7. The van der Waals surface area contributed by atoms with Crippen molar-refractivity contribution in [3.8, 4) is 0 Å². The third kappa shape index (κ3) is 8.13. The van der Waals surface area contributed by atoms with Crippen LogP contribution in [0, 0.1) is 5.92 Å². The summed E-state index contributed by atoms with van der Waals surface area (Å²) in [7, 11) is -3.63. The van der Waals surface area contributed by atoms with E-state index in [9.17, 15) is 4.57 Å². The number of thiazole rings is 1. The Bertz CT molecular complexity index is 1120. The van der Waals surface area contributed by atoms with Gasteiger partial charge in [-0.25, -0.2) is 19.5 Å². The van der Waals surface area contributed by atoms with E-state index < -0.39 is 7.82 Å². The fourth-order valence-electron chi connectivity index (χ4n) is 3.46. The summed E-state index contributed by atoms with van der Waals surface area (Å²) >= 11 is 2.88. The number of rotatable bonds is 14. The molecule has 35 heavy (non-hydrogen) atoms. The number of nitrogens with two attached hydrogens (primary N) is 1. The van der Waals surface area contributed by atoms with Crippen molar-refractivity contribution in [2.75, 3.05) is 30.9 Å². The van der Waals surface area contributed by atoms with Crippen molar-refractivity contribution < 1.29 is 18.1 Å². The van der Waals surface area contributed by atoms with Gasteiger partial charge in [-0.1, -0.05) is 67.3 Å². The second-order valence-corrected chi connectivity index (χ2v) is 12.3. The maximum Gasteiger partial charge on any atom is 0.474 e. The maximum absolute atomic E-state index is 12.8. The Kier molecular flexibility index (Phi) is 10.3. The number of thioether (sulfide) groups is 1. The molecule has 3 rings (SSSR count). The number of anilines is 2. The molecule has 2 heterocycles. The van der Waals surface area contributed by atoms with E-state index in [0.29, 0.717) is 27.7 Å². The van der Waals surface area contributed by atoms with Crippen molar-refractivity contribution in [2.45, 2.75) is 57.5 Å². The molecule has 192 valence electrons. The molecule has 3 N–H and O–H groups in total. The van der Waals surface area contributed by atoms with Gasteiger partial charge in [-0.3, -0.25) is 13.6 Å². The number of nitrogen functional groups attached to an aromatic ring is 1. The highest BCUT2D eigenvalue weighted by Crippen LogP contribution is 2.49. The van der Waals surface area contributed by atoms with Crippen LogP contribution >= 0.6 is 30.9 Å². The fourth-order valence-corrected chi connectivity index (χ4v) is 6.30. The molecule has 0 spiro atoms. The summed E-state index contributed by atoms with van der Waals surface area (Å²) in [6, 6.07) is 10.0. The lowest BCUT2D eigenvalue weighted by Crippen LogP contribution is -2.28. The number of phosphoric ester groups is 1. The van der Waals surface area contributed by atoms with Gasteiger partial charge in [0.15, 0.2) is 21.8 Å². The van der Waals surface area contributed by atoms with Crippen molar-refractivity contribution in [1.29, 1.82) is 0 Å². The third-order valence-electron chi connectivity index (χ3n) is 4.91. The number of hydrogen-bond acceptors (Lipinski definition) is 11. The van der Waals surface area contributed by atoms with Crippen LogP contribution in [0.25, 0.3) is 10.3 Å². The summed E-state index contributed by atoms with van der Waals surface area (Å²) in [5, 5.41) is 4.64. The van der Waals surface area contributed by atoms with Crippen LogP contribution in [0.1, 0.15) is 51.9 Å². The minimum Gasteiger partial charge on any atom is -0.375 e. The molecule has 0 saturated carbocycles. The quantitative estimate of drug-likeness (QED) is 0.132. The van der Waals surface area contributed by atoms with Crippen LogP contribution in [0.4, 0.5) is 10.9 Å². The van der Waals surface area contributed by atoms with Gasteiger partial charge >= 0.3 is 7.82 Å². The highest BCUT2D eigenvalue weighted by atomic mass is 32.2. The molecular formula is C23H34N5O4PS2. The van der Waals surface area contributed by atoms with Crippen LogP contribution in [-0.4, -0.2) is 40.8 Å². The fraction of sp³-hybridized carbons (Fsp3) is 0.522.